The molecule has 2 atom stereocenters. The SMILES string of the molecule is CCC(C)NC(=O)CCNC(C)C(=O)N1CCCCCC1. The molecule has 21 heavy (non-hydrogen) atoms. The largest absolute Gasteiger partial charge is 0.354 e. The van der Waals surface area contributed by atoms with Gasteiger partial charge < -0.3 is 15.5 Å². The Kier molecular flexibility index (Phi) is 8.35. The highest BCUT2D eigenvalue weighted by Crippen LogP contribution is 2.10. The predicted molar refractivity (Wildman–Crippen MR) is 85.0 cm³/mol. The number of rotatable bonds is 7. The molecule has 5 heteroatoms. The fourth-order valence-electron chi connectivity index (χ4n) is 2.50. The van der Waals surface area contributed by atoms with Crippen LogP contribution in [0, 0.1) is 0 Å². The van der Waals surface area contributed by atoms with Gasteiger partial charge in [0.15, 0.2) is 0 Å². The Balaban J connectivity index is 2.24. The highest BCUT2D eigenvalue weighted by Gasteiger charge is 2.21. The van der Waals surface area contributed by atoms with Crippen LogP contribution in [0.5, 0.6) is 0 Å². The Morgan fingerprint density at radius 2 is 1.71 bits per heavy atom. The van der Waals surface area contributed by atoms with Crippen molar-refractivity contribution in [2.75, 3.05) is 19.6 Å². The van der Waals surface area contributed by atoms with Crippen molar-refractivity contribution >= 4 is 11.8 Å². The van der Waals surface area contributed by atoms with Gasteiger partial charge in [0.1, 0.15) is 0 Å². The number of likely N-dealkylation sites (tertiary alicyclic amines) is 1. The molecule has 0 bridgehead atoms. The lowest BCUT2D eigenvalue weighted by Crippen LogP contribution is -2.46. The predicted octanol–water partition coefficient (Wildman–Crippen LogP) is 1.67. The quantitative estimate of drug-likeness (QED) is 0.751. The fraction of sp³-hybridized carbons (Fsp3) is 0.875. The molecule has 1 aliphatic heterocycles. The third kappa shape index (κ3) is 6.93. The zero-order chi connectivity index (χ0) is 15.7. The maximum atomic E-state index is 12.3. The number of carbonyl (C=O) groups is 2. The Hall–Kier alpha value is -1.10. The van der Waals surface area contributed by atoms with Crippen molar-refractivity contribution in [1.82, 2.24) is 15.5 Å². The van der Waals surface area contributed by atoms with Crippen LogP contribution in [0.4, 0.5) is 0 Å². The van der Waals surface area contributed by atoms with Crippen LogP contribution in [-0.2, 0) is 9.59 Å². The lowest BCUT2D eigenvalue weighted by molar-refractivity contribution is -0.133. The summed E-state index contributed by atoms with van der Waals surface area (Å²) in [4.78, 5) is 25.9. The molecule has 0 aromatic carbocycles. The van der Waals surface area contributed by atoms with Gasteiger partial charge in [0, 0.05) is 32.1 Å². The lowest BCUT2D eigenvalue weighted by atomic mass is 10.2. The van der Waals surface area contributed by atoms with E-state index in [9.17, 15) is 9.59 Å². The van der Waals surface area contributed by atoms with Gasteiger partial charge in [0.05, 0.1) is 6.04 Å². The zero-order valence-electron chi connectivity index (χ0n) is 13.8. The van der Waals surface area contributed by atoms with Crippen LogP contribution in [0.2, 0.25) is 0 Å². The molecule has 1 rings (SSSR count). The van der Waals surface area contributed by atoms with Crippen molar-refractivity contribution < 1.29 is 9.59 Å². The summed E-state index contributed by atoms with van der Waals surface area (Å²) in [5.74, 6) is 0.213. The van der Waals surface area contributed by atoms with Crippen LogP contribution < -0.4 is 10.6 Å². The molecule has 1 saturated heterocycles. The van der Waals surface area contributed by atoms with E-state index in [2.05, 4.69) is 10.6 Å². The number of carbonyl (C=O) groups excluding carboxylic acids is 2. The summed E-state index contributed by atoms with van der Waals surface area (Å²) in [7, 11) is 0. The Labute approximate surface area is 128 Å². The highest BCUT2D eigenvalue weighted by molar-refractivity contribution is 5.81. The van der Waals surface area contributed by atoms with E-state index in [0.29, 0.717) is 13.0 Å². The van der Waals surface area contributed by atoms with E-state index in [0.717, 1.165) is 32.4 Å². The number of hydrogen-bond donors (Lipinski definition) is 2. The van der Waals surface area contributed by atoms with Gasteiger partial charge in [-0.3, -0.25) is 9.59 Å². The first-order chi connectivity index (χ1) is 10.0. The third-order valence-electron chi connectivity index (χ3n) is 4.11. The van der Waals surface area contributed by atoms with Crippen LogP contribution >= 0.6 is 0 Å². The molecule has 122 valence electrons. The summed E-state index contributed by atoms with van der Waals surface area (Å²) >= 11 is 0. The van der Waals surface area contributed by atoms with Crippen molar-refractivity contribution in [3.63, 3.8) is 0 Å². The van der Waals surface area contributed by atoms with E-state index in [4.69, 9.17) is 0 Å². The van der Waals surface area contributed by atoms with Crippen LogP contribution in [0.15, 0.2) is 0 Å². The van der Waals surface area contributed by atoms with Gasteiger partial charge >= 0.3 is 0 Å². The van der Waals surface area contributed by atoms with Crippen LogP contribution in [0.3, 0.4) is 0 Å². The first-order valence-corrected chi connectivity index (χ1v) is 8.36. The summed E-state index contributed by atoms with van der Waals surface area (Å²) in [5, 5.41) is 6.10. The molecule has 1 fully saturated rings. The van der Waals surface area contributed by atoms with Gasteiger partial charge in [-0.15, -0.1) is 0 Å². The van der Waals surface area contributed by atoms with Crippen LogP contribution in [0.25, 0.3) is 0 Å². The molecule has 0 saturated carbocycles. The fourth-order valence-corrected chi connectivity index (χ4v) is 2.50. The topological polar surface area (TPSA) is 61.4 Å². The lowest BCUT2D eigenvalue weighted by Gasteiger charge is -2.24. The number of hydrogen-bond acceptors (Lipinski definition) is 3. The standard InChI is InChI=1S/C16H31N3O2/c1-4-13(2)18-15(20)9-10-17-14(3)16(21)19-11-7-5-6-8-12-19/h13-14,17H,4-12H2,1-3H3,(H,18,20). The second-order valence-corrected chi connectivity index (χ2v) is 6.04. The minimum Gasteiger partial charge on any atom is -0.354 e. The molecule has 0 aliphatic carbocycles. The van der Waals surface area contributed by atoms with E-state index in [-0.39, 0.29) is 23.9 Å². The van der Waals surface area contributed by atoms with Crippen molar-refractivity contribution in [2.24, 2.45) is 0 Å². The second kappa shape index (κ2) is 9.77. The van der Waals surface area contributed by atoms with Gasteiger partial charge in [-0.05, 0) is 33.1 Å². The maximum absolute atomic E-state index is 12.3. The first-order valence-electron chi connectivity index (χ1n) is 8.36. The molecule has 5 nitrogen and oxygen atoms in total. The van der Waals surface area contributed by atoms with Crippen molar-refractivity contribution in [3.05, 3.63) is 0 Å². The third-order valence-corrected chi connectivity index (χ3v) is 4.11. The Morgan fingerprint density at radius 3 is 2.29 bits per heavy atom. The second-order valence-electron chi connectivity index (χ2n) is 6.04. The van der Waals surface area contributed by atoms with Crippen molar-refractivity contribution in [2.45, 2.75) is 71.4 Å². The van der Waals surface area contributed by atoms with Crippen LogP contribution in [0.1, 0.15) is 59.3 Å². The van der Waals surface area contributed by atoms with E-state index < -0.39 is 0 Å². The average Bonchev–Trinajstić information content (AvgIpc) is 2.75. The Morgan fingerprint density at radius 1 is 1.10 bits per heavy atom. The van der Waals surface area contributed by atoms with Gasteiger partial charge in [-0.2, -0.15) is 0 Å². The smallest absolute Gasteiger partial charge is 0.239 e. The van der Waals surface area contributed by atoms with Crippen molar-refractivity contribution in [1.29, 1.82) is 0 Å². The molecule has 2 amide bonds. The van der Waals surface area contributed by atoms with Crippen LogP contribution in [-0.4, -0.2) is 48.4 Å². The van der Waals surface area contributed by atoms with E-state index in [1.54, 1.807) is 0 Å². The number of amides is 2. The minimum absolute atomic E-state index is 0.0475. The molecule has 0 spiro atoms. The molecular formula is C16H31N3O2. The van der Waals surface area contributed by atoms with Gasteiger partial charge in [0.2, 0.25) is 11.8 Å². The number of nitrogens with zero attached hydrogens (tertiary/aromatic N) is 1. The number of nitrogens with one attached hydrogen (secondary N) is 2. The molecule has 2 N–H and O–H groups in total. The normalized spacial score (nSPS) is 18.7. The highest BCUT2D eigenvalue weighted by atomic mass is 16.2. The summed E-state index contributed by atoms with van der Waals surface area (Å²) < 4.78 is 0. The molecule has 0 aromatic rings. The average molecular weight is 297 g/mol. The molecule has 0 aromatic heterocycles. The van der Waals surface area contributed by atoms with Crippen molar-refractivity contribution in [3.8, 4) is 0 Å². The zero-order valence-corrected chi connectivity index (χ0v) is 13.8. The monoisotopic (exact) mass is 297 g/mol. The van der Waals surface area contributed by atoms with Gasteiger partial charge in [-0.1, -0.05) is 19.8 Å². The molecule has 2 unspecified atom stereocenters. The molecule has 1 heterocycles. The van der Waals surface area contributed by atoms with E-state index in [1.165, 1.54) is 12.8 Å². The summed E-state index contributed by atoms with van der Waals surface area (Å²) in [5.41, 5.74) is 0. The summed E-state index contributed by atoms with van der Waals surface area (Å²) in [6.45, 7) is 8.23. The summed E-state index contributed by atoms with van der Waals surface area (Å²) in [6.07, 6.45) is 6.01. The minimum atomic E-state index is -0.209. The molecule has 1 aliphatic rings. The first kappa shape index (κ1) is 18.0. The molecular weight excluding hydrogens is 266 g/mol. The Bertz CT molecular complexity index is 325. The van der Waals surface area contributed by atoms with E-state index >= 15 is 0 Å². The van der Waals surface area contributed by atoms with E-state index in [1.807, 2.05) is 25.7 Å². The summed E-state index contributed by atoms with van der Waals surface area (Å²) in [6, 6.07) is 0.00755. The maximum Gasteiger partial charge on any atom is 0.239 e. The van der Waals surface area contributed by atoms with Gasteiger partial charge in [-0.25, -0.2) is 0 Å². The van der Waals surface area contributed by atoms with Gasteiger partial charge in [0.25, 0.3) is 0 Å². The molecule has 0 radical (unpaired) electrons.